The zero-order valence-electron chi connectivity index (χ0n) is 9.35. The first-order valence-corrected chi connectivity index (χ1v) is 5.89. The molecule has 0 N–H and O–H groups in total. The van der Waals surface area contributed by atoms with Crippen molar-refractivity contribution in [2.24, 2.45) is 0 Å². The zero-order valence-corrected chi connectivity index (χ0v) is 10.2. The van der Waals surface area contributed by atoms with E-state index in [9.17, 15) is 8.42 Å². The highest BCUT2D eigenvalue weighted by Gasteiger charge is 2.13. The van der Waals surface area contributed by atoms with Gasteiger partial charge in [0.15, 0.2) is 11.5 Å². The Hall–Kier alpha value is -1.43. The average molecular weight is 246 g/mol. The Kier molecular flexibility index (Phi) is 4.42. The van der Waals surface area contributed by atoms with Crippen LogP contribution in [0.4, 0.5) is 0 Å². The summed E-state index contributed by atoms with van der Waals surface area (Å²) in [6.45, 7) is 0. The highest BCUT2D eigenvalue weighted by molar-refractivity contribution is 7.71. The Labute approximate surface area is 95.9 Å². The quantitative estimate of drug-likeness (QED) is 0.779. The SMILES string of the molecule is COc1cc(C[SH](=O)=O)cc(OC)c1OC. The summed E-state index contributed by atoms with van der Waals surface area (Å²) in [6.07, 6.45) is 0. The van der Waals surface area contributed by atoms with Crippen LogP contribution in [-0.2, 0) is 16.5 Å². The Morgan fingerprint density at radius 2 is 1.50 bits per heavy atom. The van der Waals surface area contributed by atoms with Crippen molar-refractivity contribution in [3.63, 3.8) is 0 Å². The monoisotopic (exact) mass is 246 g/mol. The van der Waals surface area contributed by atoms with E-state index in [0.717, 1.165) is 0 Å². The lowest BCUT2D eigenvalue weighted by Gasteiger charge is -2.13. The number of rotatable bonds is 5. The van der Waals surface area contributed by atoms with E-state index >= 15 is 0 Å². The summed E-state index contributed by atoms with van der Waals surface area (Å²) >= 11 is 0. The Morgan fingerprint density at radius 3 is 1.81 bits per heavy atom. The molecule has 6 heteroatoms. The molecular formula is C10H14O5S. The minimum absolute atomic E-state index is 0.0496. The van der Waals surface area contributed by atoms with Crippen molar-refractivity contribution in [2.45, 2.75) is 5.75 Å². The van der Waals surface area contributed by atoms with E-state index in [1.807, 2.05) is 0 Å². The van der Waals surface area contributed by atoms with Gasteiger partial charge in [-0.05, 0) is 17.7 Å². The molecule has 0 saturated heterocycles. The zero-order chi connectivity index (χ0) is 12.1. The second-order valence-corrected chi connectivity index (χ2v) is 4.01. The third kappa shape index (κ3) is 2.79. The minimum Gasteiger partial charge on any atom is -0.493 e. The van der Waals surface area contributed by atoms with E-state index in [-0.39, 0.29) is 5.75 Å². The van der Waals surface area contributed by atoms with Gasteiger partial charge in [-0.1, -0.05) is 0 Å². The van der Waals surface area contributed by atoms with Crippen LogP contribution in [-0.4, -0.2) is 29.7 Å². The molecule has 5 nitrogen and oxygen atoms in total. The molecule has 90 valence electrons. The number of thiol groups is 1. The molecule has 1 aromatic rings. The standard InChI is InChI=1S/C10H14O5S/c1-13-8-4-7(6-16(11)12)5-9(14-2)10(8)15-3/h4-5,16H,6H2,1-3H3. The molecule has 16 heavy (non-hydrogen) atoms. The van der Waals surface area contributed by atoms with Gasteiger partial charge in [0.2, 0.25) is 5.75 Å². The summed E-state index contributed by atoms with van der Waals surface area (Å²) in [5, 5.41) is 0. The van der Waals surface area contributed by atoms with Gasteiger partial charge in [-0.3, -0.25) is 0 Å². The molecule has 1 rings (SSSR count). The van der Waals surface area contributed by atoms with Crippen molar-refractivity contribution in [3.8, 4) is 17.2 Å². The lowest BCUT2D eigenvalue weighted by molar-refractivity contribution is 0.324. The van der Waals surface area contributed by atoms with Crippen molar-refractivity contribution in [3.05, 3.63) is 17.7 Å². The van der Waals surface area contributed by atoms with Crippen LogP contribution in [0.2, 0.25) is 0 Å². The van der Waals surface area contributed by atoms with Crippen LogP contribution in [0.3, 0.4) is 0 Å². The molecule has 0 radical (unpaired) electrons. The summed E-state index contributed by atoms with van der Waals surface area (Å²) < 4.78 is 36.6. The predicted molar refractivity (Wildman–Crippen MR) is 60.1 cm³/mol. The average Bonchev–Trinajstić information content (AvgIpc) is 2.26. The van der Waals surface area contributed by atoms with Crippen LogP contribution >= 0.6 is 0 Å². The molecule has 1 aromatic carbocycles. The van der Waals surface area contributed by atoms with Gasteiger partial charge in [-0.2, -0.15) is 0 Å². The third-order valence-corrected chi connectivity index (χ3v) is 2.66. The predicted octanol–water partition coefficient (Wildman–Crippen LogP) is 0.824. The van der Waals surface area contributed by atoms with Crippen molar-refractivity contribution < 1.29 is 22.6 Å². The molecule has 0 fully saturated rings. The molecule has 0 aliphatic carbocycles. The van der Waals surface area contributed by atoms with Crippen LogP contribution in [0, 0.1) is 0 Å². The molecule has 0 heterocycles. The maximum absolute atomic E-state index is 10.6. The van der Waals surface area contributed by atoms with Gasteiger partial charge in [-0.15, -0.1) is 0 Å². The third-order valence-electron chi connectivity index (χ3n) is 2.04. The highest BCUT2D eigenvalue weighted by Crippen LogP contribution is 2.38. The van der Waals surface area contributed by atoms with E-state index in [0.29, 0.717) is 22.8 Å². The van der Waals surface area contributed by atoms with E-state index in [1.165, 1.54) is 21.3 Å². The molecule has 0 unspecified atom stereocenters. The maximum Gasteiger partial charge on any atom is 0.203 e. The molecule has 0 aliphatic rings. The van der Waals surface area contributed by atoms with Gasteiger partial charge in [0.1, 0.15) is 10.7 Å². The molecule has 0 saturated carbocycles. The number of methoxy groups -OCH3 is 3. The summed E-state index contributed by atoms with van der Waals surface area (Å²) in [6, 6.07) is 3.24. The fourth-order valence-corrected chi connectivity index (χ4v) is 1.86. The normalized spacial score (nSPS) is 10.2. The van der Waals surface area contributed by atoms with Crippen molar-refractivity contribution in [1.82, 2.24) is 0 Å². The van der Waals surface area contributed by atoms with Crippen molar-refractivity contribution >= 4 is 10.7 Å². The molecular weight excluding hydrogens is 232 g/mol. The molecule has 0 bridgehead atoms. The molecule has 0 aliphatic heterocycles. The van der Waals surface area contributed by atoms with Crippen LogP contribution in [0.25, 0.3) is 0 Å². The lowest BCUT2D eigenvalue weighted by atomic mass is 10.2. The van der Waals surface area contributed by atoms with E-state index < -0.39 is 10.7 Å². The molecule has 0 aromatic heterocycles. The fraction of sp³-hybridized carbons (Fsp3) is 0.400. The lowest BCUT2D eigenvalue weighted by Crippen LogP contribution is -1.97. The van der Waals surface area contributed by atoms with Gasteiger partial charge in [0.25, 0.3) is 0 Å². The van der Waals surface area contributed by atoms with Crippen LogP contribution < -0.4 is 14.2 Å². The molecule has 0 atom stereocenters. The summed E-state index contributed by atoms with van der Waals surface area (Å²) in [5.74, 6) is 1.31. The van der Waals surface area contributed by atoms with Crippen molar-refractivity contribution in [2.75, 3.05) is 21.3 Å². The summed E-state index contributed by atoms with van der Waals surface area (Å²) in [4.78, 5) is 0. The minimum atomic E-state index is -2.48. The van der Waals surface area contributed by atoms with Crippen molar-refractivity contribution in [1.29, 1.82) is 0 Å². The Morgan fingerprint density at radius 1 is 1.00 bits per heavy atom. The van der Waals surface area contributed by atoms with Crippen LogP contribution in [0.15, 0.2) is 12.1 Å². The fourth-order valence-electron chi connectivity index (χ4n) is 1.38. The second-order valence-electron chi connectivity index (χ2n) is 3.02. The first-order chi connectivity index (χ1) is 7.62. The van der Waals surface area contributed by atoms with Crippen LogP contribution in [0.5, 0.6) is 17.2 Å². The number of ether oxygens (including phenoxy) is 3. The second kappa shape index (κ2) is 5.60. The van der Waals surface area contributed by atoms with E-state index in [2.05, 4.69) is 0 Å². The first-order valence-electron chi connectivity index (χ1n) is 4.53. The molecule has 0 spiro atoms. The van der Waals surface area contributed by atoms with E-state index in [4.69, 9.17) is 14.2 Å². The maximum atomic E-state index is 10.6. The Bertz CT molecular complexity index is 406. The highest BCUT2D eigenvalue weighted by atomic mass is 32.2. The number of hydrogen-bond donors (Lipinski definition) is 1. The number of hydrogen-bond acceptors (Lipinski definition) is 5. The molecule has 0 amide bonds. The topological polar surface area (TPSA) is 61.8 Å². The largest absolute Gasteiger partial charge is 0.493 e. The van der Waals surface area contributed by atoms with Gasteiger partial charge >= 0.3 is 0 Å². The number of benzene rings is 1. The van der Waals surface area contributed by atoms with Gasteiger partial charge < -0.3 is 14.2 Å². The smallest absolute Gasteiger partial charge is 0.203 e. The summed E-state index contributed by atoms with van der Waals surface area (Å²) in [7, 11) is 1.99. The van der Waals surface area contributed by atoms with E-state index in [1.54, 1.807) is 12.1 Å². The van der Waals surface area contributed by atoms with Gasteiger partial charge in [0.05, 0.1) is 27.1 Å². The van der Waals surface area contributed by atoms with Crippen LogP contribution in [0.1, 0.15) is 5.56 Å². The Balaban J connectivity index is 3.25. The van der Waals surface area contributed by atoms with Gasteiger partial charge in [-0.25, -0.2) is 8.42 Å². The first kappa shape index (κ1) is 12.6. The summed E-state index contributed by atoms with van der Waals surface area (Å²) in [5.41, 5.74) is 0.602. The van der Waals surface area contributed by atoms with Gasteiger partial charge in [0, 0.05) is 0 Å².